The molecule has 0 aromatic heterocycles. The average molecular weight is 213 g/mol. The summed E-state index contributed by atoms with van der Waals surface area (Å²) in [6, 6.07) is -0.408. The summed E-state index contributed by atoms with van der Waals surface area (Å²) < 4.78 is 4.90. The van der Waals surface area contributed by atoms with Gasteiger partial charge in [-0.05, 0) is 19.8 Å². The Labute approximate surface area is 88.1 Å². The second-order valence-electron chi connectivity index (χ2n) is 3.13. The van der Waals surface area contributed by atoms with Crippen LogP contribution in [0.5, 0.6) is 0 Å². The quantitative estimate of drug-likeness (QED) is 0.674. The van der Waals surface area contributed by atoms with Gasteiger partial charge in [-0.25, -0.2) is 14.6 Å². The molecule has 1 aliphatic carbocycles. The molecule has 0 unspecified atom stereocenters. The lowest BCUT2D eigenvalue weighted by atomic mass is 10.7. The Bertz CT molecular complexity index is 261. The van der Waals surface area contributed by atoms with Crippen LogP contribution in [0.25, 0.3) is 0 Å². The van der Waals surface area contributed by atoms with Gasteiger partial charge in [-0.15, -0.1) is 0 Å². The highest BCUT2D eigenvalue weighted by Gasteiger charge is 2.25. The molecule has 1 saturated carbocycles. The Hall–Kier alpha value is -1.59. The van der Waals surface area contributed by atoms with Crippen molar-refractivity contribution in [1.82, 2.24) is 10.6 Å². The number of ether oxygens (including phenoxy) is 1. The van der Waals surface area contributed by atoms with Crippen molar-refractivity contribution in [3.63, 3.8) is 0 Å². The summed E-state index contributed by atoms with van der Waals surface area (Å²) in [6.07, 6.45) is 2.85. The van der Waals surface area contributed by atoms with E-state index in [9.17, 15) is 9.59 Å². The number of urea groups is 1. The maximum Gasteiger partial charge on any atom is 0.407 e. The molecule has 1 rings (SSSR count). The third-order valence-corrected chi connectivity index (χ3v) is 1.67. The molecule has 0 spiro atoms. The van der Waals surface area contributed by atoms with Crippen molar-refractivity contribution >= 4 is 18.3 Å². The van der Waals surface area contributed by atoms with Gasteiger partial charge >= 0.3 is 12.1 Å². The van der Waals surface area contributed by atoms with Gasteiger partial charge in [-0.3, -0.25) is 0 Å². The monoisotopic (exact) mass is 213 g/mol. The summed E-state index contributed by atoms with van der Waals surface area (Å²) in [7, 11) is 0. The van der Waals surface area contributed by atoms with Gasteiger partial charge in [0.2, 0.25) is 0 Å². The third kappa shape index (κ3) is 5.66. The second-order valence-corrected chi connectivity index (χ2v) is 3.13. The zero-order chi connectivity index (χ0) is 11.1. The van der Waals surface area contributed by atoms with Crippen molar-refractivity contribution in [3.8, 4) is 0 Å². The normalized spacial score (nSPS) is 15.0. The first kappa shape index (κ1) is 11.5. The predicted molar refractivity (Wildman–Crippen MR) is 55.1 cm³/mol. The average Bonchev–Trinajstić information content (AvgIpc) is 2.97. The fourth-order valence-electron chi connectivity index (χ4n) is 0.833. The summed E-state index contributed by atoms with van der Waals surface area (Å²) in [5.41, 5.74) is 0. The number of rotatable bonds is 4. The molecular formula is C9H15N3O3. The zero-order valence-electron chi connectivity index (χ0n) is 8.66. The van der Waals surface area contributed by atoms with Crippen LogP contribution in [0.3, 0.4) is 0 Å². The minimum Gasteiger partial charge on any atom is -0.446 e. The summed E-state index contributed by atoms with van der Waals surface area (Å²) in [5.74, 6) is 0. The van der Waals surface area contributed by atoms with E-state index in [0.29, 0.717) is 6.54 Å². The lowest BCUT2D eigenvalue weighted by Crippen LogP contribution is -2.27. The van der Waals surface area contributed by atoms with E-state index >= 15 is 0 Å². The lowest BCUT2D eigenvalue weighted by molar-refractivity contribution is 0.140. The number of hydrogen-bond donors (Lipinski definition) is 2. The Morgan fingerprint density at radius 3 is 2.80 bits per heavy atom. The molecule has 0 heterocycles. The van der Waals surface area contributed by atoms with Crippen LogP contribution in [-0.4, -0.2) is 37.5 Å². The van der Waals surface area contributed by atoms with Gasteiger partial charge in [-0.1, -0.05) is 0 Å². The van der Waals surface area contributed by atoms with E-state index in [-0.39, 0.29) is 12.6 Å². The summed E-state index contributed by atoms with van der Waals surface area (Å²) in [4.78, 5) is 25.3. The molecule has 0 aliphatic heterocycles. The standard InChI is InChI=1S/C9H15N3O3/c1-2-10-8(13)11-5-6-12-9(14)15-7-3-4-7/h5,7H,2-4,6H2,1H3,(H,10,13)(H,12,14)/b11-5-. The van der Waals surface area contributed by atoms with Crippen LogP contribution < -0.4 is 10.6 Å². The maximum atomic E-state index is 11.0. The molecule has 1 aliphatic rings. The molecule has 1 fully saturated rings. The molecule has 0 radical (unpaired) electrons. The molecular weight excluding hydrogens is 198 g/mol. The summed E-state index contributed by atoms with van der Waals surface area (Å²) in [6.45, 7) is 2.54. The topological polar surface area (TPSA) is 79.8 Å². The van der Waals surface area contributed by atoms with Crippen molar-refractivity contribution < 1.29 is 14.3 Å². The number of alkyl carbamates (subject to hydrolysis) is 1. The second kappa shape index (κ2) is 6.00. The van der Waals surface area contributed by atoms with Gasteiger partial charge in [0, 0.05) is 12.8 Å². The van der Waals surface area contributed by atoms with Crippen molar-refractivity contribution in [1.29, 1.82) is 0 Å². The third-order valence-electron chi connectivity index (χ3n) is 1.67. The molecule has 15 heavy (non-hydrogen) atoms. The van der Waals surface area contributed by atoms with Crippen LogP contribution in [0.2, 0.25) is 0 Å². The van der Waals surface area contributed by atoms with Crippen molar-refractivity contribution in [2.24, 2.45) is 4.99 Å². The molecule has 6 nitrogen and oxygen atoms in total. The number of nitrogens with one attached hydrogen (secondary N) is 2. The SMILES string of the molecule is CCNC(=O)/N=C\CNC(=O)OC1CC1. The Balaban J connectivity index is 2.03. The van der Waals surface area contributed by atoms with E-state index in [1.54, 1.807) is 6.92 Å². The number of hydrogen-bond acceptors (Lipinski definition) is 3. The van der Waals surface area contributed by atoms with Gasteiger partial charge in [-0.2, -0.15) is 0 Å². The van der Waals surface area contributed by atoms with E-state index in [1.165, 1.54) is 6.21 Å². The molecule has 0 bridgehead atoms. The number of carbonyl (C=O) groups excluding carboxylic acids is 2. The molecule has 84 valence electrons. The van der Waals surface area contributed by atoms with Crippen LogP contribution in [0.1, 0.15) is 19.8 Å². The van der Waals surface area contributed by atoms with Gasteiger partial charge < -0.3 is 15.4 Å². The van der Waals surface area contributed by atoms with Gasteiger partial charge in [0.25, 0.3) is 0 Å². The highest BCUT2D eigenvalue weighted by molar-refractivity contribution is 5.85. The predicted octanol–water partition coefficient (Wildman–Crippen LogP) is 0.675. The van der Waals surface area contributed by atoms with Crippen LogP contribution in [0.4, 0.5) is 9.59 Å². The molecule has 0 atom stereocenters. The van der Waals surface area contributed by atoms with Gasteiger partial charge in [0.1, 0.15) is 6.10 Å². The highest BCUT2D eigenvalue weighted by atomic mass is 16.6. The number of carbonyl (C=O) groups is 2. The highest BCUT2D eigenvalue weighted by Crippen LogP contribution is 2.23. The summed E-state index contributed by atoms with van der Waals surface area (Å²) in [5, 5.41) is 4.96. The van der Waals surface area contributed by atoms with Crippen LogP contribution in [-0.2, 0) is 4.74 Å². The van der Waals surface area contributed by atoms with Crippen molar-refractivity contribution in [2.75, 3.05) is 13.1 Å². The first-order valence-electron chi connectivity index (χ1n) is 4.97. The molecule has 2 N–H and O–H groups in total. The minimum absolute atomic E-state index is 0.0883. The molecule has 3 amide bonds. The number of nitrogens with zero attached hydrogens (tertiary/aromatic N) is 1. The number of amides is 3. The molecule has 0 saturated heterocycles. The van der Waals surface area contributed by atoms with Crippen molar-refractivity contribution in [3.05, 3.63) is 0 Å². The first-order chi connectivity index (χ1) is 7.22. The van der Waals surface area contributed by atoms with Crippen LogP contribution in [0.15, 0.2) is 4.99 Å². The van der Waals surface area contributed by atoms with Gasteiger partial charge in [0.15, 0.2) is 0 Å². The Morgan fingerprint density at radius 2 is 2.20 bits per heavy atom. The van der Waals surface area contributed by atoms with Crippen LogP contribution in [0, 0.1) is 0 Å². The van der Waals surface area contributed by atoms with Crippen LogP contribution >= 0.6 is 0 Å². The Kier molecular flexibility index (Phi) is 4.59. The first-order valence-corrected chi connectivity index (χ1v) is 4.97. The van der Waals surface area contributed by atoms with E-state index in [2.05, 4.69) is 15.6 Å². The number of aliphatic imine (C=N–C) groups is 1. The van der Waals surface area contributed by atoms with E-state index in [0.717, 1.165) is 12.8 Å². The smallest absolute Gasteiger partial charge is 0.407 e. The fourth-order valence-corrected chi connectivity index (χ4v) is 0.833. The zero-order valence-corrected chi connectivity index (χ0v) is 8.66. The van der Waals surface area contributed by atoms with Crippen molar-refractivity contribution in [2.45, 2.75) is 25.9 Å². The fraction of sp³-hybridized carbons (Fsp3) is 0.667. The largest absolute Gasteiger partial charge is 0.446 e. The Morgan fingerprint density at radius 1 is 1.47 bits per heavy atom. The van der Waals surface area contributed by atoms with E-state index in [4.69, 9.17) is 4.74 Å². The maximum absolute atomic E-state index is 11.0. The minimum atomic E-state index is -0.458. The summed E-state index contributed by atoms with van der Waals surface area (Å²) >= 11 is 0. The van der Waals surface area contributed by atoms with E-state index < -0.39 is 12.1 Å². The molecule has 6 heteroatoms. The lowest BCUT2D eigenvalue weighted by Gasteiger charge is -2.02. The van der Waals surface area contributed by atoms with Gasteiger partial charge in [0.05, 0.1) is 6.54 Å². The molecule has 0 aromatic rings. The van der Waals surface area contributed by atoms with E-state index in [1.807, 2.05) is 0 Å². The molecule has 0 aromatic carbocycles.